The van der Waals surface area contributed by atoms with Crippen LogP contribution in [0.1, 0.15) is 6.23 Å². The number of nitrogens with zero attached hydrogens (tertiary/aromatic N) is 2. The second kappa shape index (κ2) is 4.80. The van der Waals surface area contributed by atoms with Crippen molar-refractivity contribution in [3.8, 4) is 0 Å². The molecule has 17 heavy (non-hydrogen) atoms. The lowest BCUT2D eigenvalue weighted by Gasteiger charge is -2.18. The Kier molecular flexibility index (Phi) is 3.38. The standard InChI is InChI=1S/C9H13N3O5/c13-2-5-7(15)8(16)9(17-5)12-3-10-1-6(12)11-4-14/h1,3-5,7-9,13,15-16H,2H2,(H,11,14)/t5-,7-,8-,9-/m1/s1. The highest BCUT2D eigenvalue weighted by Crippen LogP contribution is 2.31. The van der Waals surface area contributed by atoms with E-state index in [9.17, 15) is 15.0 Å². The van der Waals surface area contributed by atoms with Gasteiger partial charge in [-0.25, -0.2) is 4.98 Å². The quantitative estimate of drug-likeness (QED) is 0.457. The molecule has 1 aliphatic rings. The van der Waals surface area contributed by atoms with Gasteiger partial charge in [0.25, 0.3) is 0 Å². The molecule has 2 rings (SSSR count). The van der Waals surface area contributed by atoms with Gasteiger partial charge in [-0.3, -0.25) is 9.36 Å². The van der Waals surface area contributed by atoms with Gasteiger partial charge < -0.3 is 25.4 Å². The van der Waals surface area contributed by atoms with E-state index in [-0.39, 0.29) is 0 Å². The predicted molar refractivity (Wildman–Crippen MR) is 54.9 cm³/mol. The number of aromatic nitrogens is 2. The lowest BCUT2D eigenvalue weighted by atomic mass is 10.1. The maximum absolute atomic E-state index is 10.4. The van der Waals surface area contributed by atoms with Crippen LogP contribution in [0.2, 0.25) is 0 Å². The predicted octanol–water partition coefficient (Wildman–Crippen LogP) is -1.94. The van der Waals surface area contributed by atoms with Crippen LogP contribution in [0, 0.1) is 0 Å². The van der Waals surface area contributed by atoms with Crippen molar-refractivity contribution in [2.24, 2.45) is 0 Å². The molecule has 0 spiro atoms. The van der Waals surface area contributed by atoms with Gasteiger partial charge in [0.15, 0.2) is 6.23 Å². The minimum Gasteiger partial charge on any atom is -0.394 e. The second-order valence-electron chi connectivity index (χ2n) is 3.68. The molecule has 4 N–H and O–H groups in total. The van der Waals surface area contributed by atoms with Gasteiger partial charge in [-0.15, -0.1) is 0 Å². The fraction of sp³-hybridized carbons (Fsp3) is 0.556. The monoisotopic (exact) mass is 243 g/mol. The molecule has 1 fully saturated rings. The summed E-state index contributed by atoms with van der Waals surface area (Å²) in [6.07, 6.45) is -0.942. The Morgan fingerprint density at radius 1 is 1.53 bits per heavy atom. The molecule has 0 unspecified atom stereocenters. The zero-order valence-corrected chi connectivity index (χ0v) is 8.80. The number of nitrogens with one attached hydrogen (secondary N) is 1. The van der Waals surface area contributed by atoms with Gasteiger partial charge in [0.05, 0.1) is 19.1 Å². The molecular weight excluding hydrogens is 230 g/mol. The molecule has 4 atom stereocenters. The largest absolute Gasteiger partial charge is 0.394 e. The number of anilines is 1. The summed E-state index contributed by atoms with van der Waals surface area (Å²) in [5.74, 6) is 0.329. The number of carbonyl (C=O) groups is 1. The summed E-state index contributed by atoms with van der Waals surface area (Å²) >= 11 is 0. The first kappa shape index (κ1) is 12.0. The average Bonchev–Trinajstić information content (AvgIpc) is 2.87. The Labute approximate surface area is 96.5 Å². The number of hydrogen-bond acceptors (Lipinski definition) is 6. The van der Waals surface area contributed by atoms with Crippen LogP contribution in [0.15, 0.2) is 12.5 Å². The maximum atomic E-state index is 10.4. The third kappa shape index (κ3) is 2.03. The lowest BCUT2D eigenvalue weighted by molar-refractivity contribution is -0.105. The second-order valence-corrected chi connectivity index (χ2v) is 3.68. The van der Waals surface area contributed by atoms with E-state index in [1.54, 1.807) is 0 Å². The van der Waals surface area contributed by atoms with Crippen molar-refractivity contribution in [3.05, 3.63) is 12.5 Å². The van der Waals surface area contributed by atoms with E-state index in [0.29, 0.717) is 12.2 Å². The number of carbonyl (C=O) groups excluding carboxylic acids is 1. The molecular formula is C9H13N3O5. The molecule has 0 aromatic carbocycles. The number of imidazole rings is 1. The smallest absolute Gasteiger partial charge is 0.212 e. The molecule has 1 aliphatic heterocycles. The van der Waals surface area contributed by atoms with Crippen LogP contribution in [0.25, 0.3) is 0 Å². The summed E-state index contributed by atoms with van der Waals surface area (Å²) in [4.78, 5) is 14.2. The number of amides is 1. The van der Waals surface area contributed by atoms with E-state index in [1.807, 2.05) is 0 Å². The fourth-order valence-electron chi connectivity index (χ4n) is 1.79. The topological polar surface area (TPSA) is 117 Å². The molecule has 0 saturated carbocycles. The van der Waals surface area contributed by atoms with E-state index in [1.165, 1.54) is 17.1 Å². The lowest BCUT2D eigenvalue weighted by Crippen LogP contribution is -2.33. The van der Waals surface area contributed by atoms with Crippen LogP contribution in [0.5, 0.6) is 0 Å². The first-order chi connectivity index (χ1) is 8.19. The summed E-state index contributed by atoms with van der Waals surface area (Å²) in [6, 6.07) is 0. The fourth-order valence-corrected chi connectivity index (χ4v) is 1.79. The van der Waals surface area contributed by atoms with E-state index >= 15 is 0 Å². The first-order valence-corrected chi connectivity index (χ1v) is 5.03. The molecule has 1 aromatic heterocycles. The van der Waals surface area contributed by atoms with E-state index in [4.69, 9.17) is 9.84 Å². The van der Waals surface area contributed by atoms with Crippen LogP contribution in [0.3, 0.4) is 0 Å². The number of hydrogen-bond donors (Lipinski definition) is 4. The van der Waals surface area contributed by atoms with Crippen LogP contribution in [-0.4, -0.2) is 56.2 Å². The highest BCUT2D eigenvalue weighted by molar-refractivity contribution is 5.68. The SMILES string of the molecule is O=CNc1cncn1[C@@H]1O[C@H](CO)[C@@H](O)[C@H]1O. The van der Waals surface area contributed by atoms with Gasteiger partial charge in [0.1, 0.15) is 24.1 Å². The summed E-state index contributed by atoms with van der Waals surface area (Å²) in [7, 11) is 0. The highest BCUT2D eigenvalue weighted by Gasteiger charge is 2.43. The average molecular weight is 243 g/mol. The van der Waals surface area contributed by atoms with Gasteiger partial charge in [-0.1, -0.05) is 0 Å². The molecule has 0 aliphatic carbocycles. The number of aliphatic hydroxyl groups is 3. The van der Waals surface area contributed by atoms with Gasteiger partial charge >= 0.3 is 0 Å². The molecule has 0 bridgehead atoms. The molecule has 8 nitrogen and oxygen atoms in total. The van der Waals surface area contributed by atoms with Gasteiger partial charge in [0, 0.05) is 0 Å². The Morgan fingerprint density at radius 3 is 2.88 bits per heavy atom. The third-order valence-corrected chi connectivity index (χ3v) is 2.66. The molecule has 94 valence electrons. The summed E-state index contributed by atoms with van der Waals surface area (Å²) < 4.78 is 6.66. The van der Waals surface area contributed by atoms with Crippen molar-refractivity contribution in [3.63, 3.8) is 0 Å². The number of aliphatic hydroxyl groups excluding tert-OH is 3. The third-order valence-electron chi connectivity index (χ3n) is 2.66. The van der Waals surface area contributed by atoms with Crippen LogP contribution >= 0.6 is 0 Å². The summed E-state index contributed by atoms with van der Waals surface area (Å²) in [5.41, 5.74) is 0. The Balaban J connectivity index is 2.22. The molecule has 0 radical (unpaired) electrons. The molecule has 2 heterocycles. The zero-order valence-electron chi connectivity index (χ0n) is 8.80. The van der Waals surface area contributed by atoms with Crippen LogP contribution < -0.4 is 5.32 Å². The van der Waals surface area contributed by atoms with Crippen molar-refractivity contribution in [1.82, 2.24) is 9.55 Å². The minimum absolute atomic E-state index is 0.329. The Morgan fingerprint density at radius 2 is 2.29 bits per heavy atom. The van der Waals surface area contributed by atoms with E-state index in [2.05, 4.69) is 10.3 Å². The number of rotatable bonds is 4. The zero-order chi connectivity index (χ0) is 12.4. The summed E-state index contributed by atoms with van der Waals surface area (Å²) in [6.45, 7) is -0.403. The van der Waals surface area contributed by atoms with Crippen molar-refractivity contribution >= 4 is 12.2 Å². The van der Waals surface area contributed by atoms with E-state index < -0.39 is 31.1 Å². The van der Waals surface area contributed by atoms with Crippen molar-refractivity contribution in [2.45, 2.75) is 24.5 Å². The summed E-state index contributed by atoms with van der Waals surface area (Å²) in [5, 5.41) is 30.7. The Hall–Kier alpha value is -1.48. The van der Waals surface area contributed by atoms with Gasteiger partial charge in [0.2, 0.25) is 6.41 Å². The first-order valence-electron chi connectivity index (χ1n) is 5.03. The normalized spacial score (nSPS) is 32.6. The Bertz CT molecular complexity index is 396. The minimum atomic E-state index is -1.20. The van der Waals surface area contributed by atoms with Crippen molar-refractivity contribution in [1.29, 1.82) is 0 Å². The van der Waals surface area contributed by atoms with Crippen LogP contribution in [-0.2, 0) is 9.53 Å². The van der Waals surface area contributed by atoms with Crippen LogP contribution in [0.4, 0.5) is 5.82 Å². The van der Waals surface area contributed by atoms with Gasteiger partial charge in [-0.05, 0) is 0 Å². The van der Waals surface area contributed by atoms with E-state index in [0.717, 1.165) is 0 Å². The van der Waals surface area contributed by atoms with Gasteiger partial charge in [-0.2, -0.15) is 0 Å². The molecule has 1 amide bonds. The van der Waals surface area contributed by atoms with Crippen molar-refractivity contribution < 1.29 is 24.9 Å². The molecule has 1 aromatic rings. The maximum Gasteiger partial charge on any atom is 0.212 e. The van der Waals surface area contributed by atoms with Crippen molar-refractivity contribution in [2.75, 3.05) is 11.9 Å². The number of ether oxygens (including phenoxy) is 1. The molecule has 8 heteroatoms. The molecule has 1 saturated heterocycles. The highest BCUT2D eigenvalue weighted by atomic mass is 16.6.